The van der Waals surface area contributed by atoms with Crippen LogP contribution in [0.15, 0.2) is 35.4 Å². The van der Waals surface area contributed by atoms with Crippen LogP contribution < -0.4 is 0 Å². The summed E-state index contributed by atoms with van der Waals surface area (Å²) in [5, 5.41) is 19.1. The smallest absolute Gasteiger partial charge is 0.341 e. The number of aliphatic hydroxyl groups is 2. The Labute approximate surface area is 127 Å². The molecular weight excluding hydrogens is 288 g/mol. The topological polar surface area (TPSA) is 93.1 Å². The number of aliphatic hydroxyl groups excluding tert-OH is 2. The molecule has 0 aromatic heterocycles. The molecule has 1 aromatic rings. The Hall–Kier alpha value is -2.18. The standard InChI is InChI=1S/C16H16O6/c17-8-12-2-1-7-16(13(12)9-18)21-14(19)10-3-4-11(6-5-10)15(20)22-16/h3-6,17-18H,1-2,7-9H2. The lowest BCUT2D eigenvalue weighted by Crippen LogP contribution is -2.45. The lowest BCUT2D eigenvalue weighted by atomic mass is 9.86. The fourth-order valence-electron chi connectivity index (χ4n) is 2.92. The average molecular weight is 304 g/mol. The van der Waals surface area contributed by atoms with Gasteiger partial charge in [-0.1, -0.05) is 0 Å². The first kappa shape index (κ1) is 14.7. The van der Waals surface area contributed by atoms with Crippen LogP contribution in [0.5, 0.6) is 0 Å². The molecule has 0 fully saturated rings. The molecule has 6 nitrogen and oxygen atoms in total. The lowest BCUT2D eigenvalue weighted by Gasteiger charge is -2.38. The Morgan fingerprint density at radius 3 is 1.95 bits per heavy atom. The highest BCUT2D eigenvalue weighted by Gasteiger charge is 2.46. The van der Waals surface area contributed by atoms with Crippen LogP contribution in [0.3, 0.4) is 0 Å². The third kappa shape index (κ3) is 2.30. The molecule has 2 N–H and O–H groups in total. The molecule has 22 heavy (non-hydrogen) atoms. The first-order valence-electron chi connectivity index (χ1n) is 7.09. The minimum absolute atomic E-state index is 0.254. The molecule has 1 aromatic carbocycles. The van der Waals surface area contributed by atoms with Crippen molar-refractivity contribution in [2.45, 2.75) is 25.0 Å². The number of ether oxygens (including phenoxy) is 2. The molecule has 4 rings (SSSR count). The summed E-state index contributed by atoms with van der Waals surface area (Å²) >= 11 is 0. The second kappa shape index (κ2) is 5.55. The third-order valence-corrected chi connectivity index (χ3v) is 4.09. The second-order valence-electron chi connectivity index (χ2n) is 5.36. The molecule has 6 heteroatoms. The van der Waals surface area contributed by atoms with Crippen LogP contribution in [0, 0.1) is 0 Å². The van der Waals surface area contributed by atoms with E-state index in [1.165, 1.54) is 24.3 Å². The second-order valence-corrected chi connectivity index (χ2v) is 5.36. The van der Waals surface area contributed by atoms with Crippen LogP contribution in [0.1, 0.15) is 40.0 Å². The molecule has 3 aliphatic rings. The number of carbonyl (C=O) groups excluding carboxylic acids is 2. The summed E-state index contributed by atoms with van der Waals surface area (Å²) < 4.78 is 10.9. The molecular formula is C16H16O6. The number of hydrogen-bond acceptors (Lipinski definition) is 6. The summed E-state index contributed by atoms with van der Waals surface area (Å²) in [6, 6.07) is 5.98. The van der Waals surface area contributed by atoms with Crippen molar-refractivity contribution in [3.8, 4) is 0 Å². The molecule has 1 spiro atoms. The Bertz CT molecular complexity index is 606. The van der Waals surface area contributed by atoms with Crippen molar-refractivity contribution in [3.05, 3.63) is 46.5 Å². The van der Waals surface area contributed by atoms with Gasteiger partial charge in [0.15, 0.2) is 0 Å². The van der Waals surface area contributed by atoms with Crippen LogP contribution >= 0.6 is 0 Å². The van der Waals surface area contributed by atoms with Gasteiger partial charge >= 0.3 is 11.9 Å². The highest BCUT2D eigenvalue weighted by molar-refractivity contribution is 5.95. The van der Waals surface area contributed by atoms with E-state index in [0.29, 0.717) is 29.5 Å². The molecule has 0 radical (unpaired) electrons. The van der Waals surface area contributed by atoms with Crippen LogP contribution in [0.2, 0.25) is 0 Å². The third-order valence-electron chi connectivity index (χ3n) is 4.09. The molecule has 0 saturated carbocycles. The maximum Gasteiger partial charge on any atom is 0.341 e. The number of carbonyl (C=O) groups is 2. The number of rotatable bonds is 2. The predicted octanol–water partition coefficient (Wildman–Crippen LogP) is 1.18. The van der Waals surface area contributed by atoms with Gasteiger partial charge in [-0.25, -0.2) is 9.59 Å². The first-order chi connectivity index (χ1) is 10.6. The van der Waals surface area contributed by atoms with E-state index in [2.05, 4.69) is 0 Å². The molecule has 2 heterocycles. The molecule has 2 aliphatic heterocycles. The molecule has 116 valence electrons. The minimum Gasteiger partial charge on any atom is -0.415 e. The van der Waals surface area contributed by atoms with Crippen molar-refractivity contribution in [2.75, 3.05) is 13.2 Å². The summed E-state index contributed by atoms with van der Waals surface area (Å²) in [5.41, 5.74) is 1.40. The molecule has 1 aliphatic carbocycles. The average Bonchev–Trinajstić information content (AvgIpc) is 2.60. The molecule has 0 amide bonds. The summed E-state index contributed by atoms with van der Waals surface area (Å²) in [4.78, 5) is 24.6. The number of esters is 2. The van der Waals surface area contributed by atoms with E-state index in [-0.39, 0.29) is 18.6 Å². The van der Waals surface area contributed by atoms with E-state index in [1.54, 1.807) is 0 Å². The van der Waals surface area contributed by atoms with Gasteiger partial charge in [-0.2, -0.15) is 0 Å². The highest BCUT2D eigenvalue weighted by atomic mass is 16.7. The minimum atomic E-state index is -1.65. The summed E-state index contributed by atoms with van der Waals surface area (Å²) in [6.45, 7) is -0.738. The van der Waals surface area contributed by atoms with Gasteiger partial charge in [0.25, 0.3) is 5.79 Å². The maximum absolute atomic E-state index is 12.3. The van der Waals surface area contributed by atoms with Crippen molar-refractivity contribution in [1.29, 1.82) is 0 Å². The van der Waals surface area contributed by atoms with Crippen molar-refractivity contribution >= 4 is 11.9 Å². The van der Waals surface area contributed by atoms with Crippen molar-refractivity contribution in [3.63, 3.8) is 0 Å². The zero-order chi connectivity index (χ0) is 15.7. The van der Waals surface area contributed by atoms with E-state index < -0.39 is 24.3 Å². The van der Waals surface area contributed by atoms with Crippen LogP contribution in [0.25, 0.3) is 0 Å². The molecule has 0 atom stereocenters. The normalized spacial score (nSPS) is 20.3. The van der Waals surface area contributed by atoms with E-state index in [4.69, 9.17) is 9.47 Å². The van der Waals surface area contributed by atoms with Gasteiger partial charge in [-0.3, -0.25) is 0 Å². The Balaban J connectivity index is 2.12. The summed E-state index contributed by atoms with van der Waals surface area (Å²) in [6.07, 6.45) is 1.39. The molecule has 2 bridgehead atoms. The monoisotopic (exact) mass is 304 g/mol. The number of benzene rings is 1. The SMILES string of the molecule is O=C1OC2(CCCC(CO)=C2CO)OC(=O)c2ccc1cc2. The summed E-state index contributed by atoms with van der Waals surface area (Å²) in [5.74, 6) is -2.91. The van der Waals surface area contributed by atoms with Crippen LogP contribution in [0.4, 0.5) is 0 Å². The largest absolute Gasteiger partial charge is 0.415 e. The van der Waals surface area contributed by atoms with Crippen LogP contribution in [-0.2, 0) is 9.47 Å². The van der Waals surface area contributed by atoms with Crippen LogP contribution in [-0.4, -0.2) is 41.2 Å². The Morgan fingerprint density at radius 2 is 1.50 bits per heavy atom. The van der Waals surface area contributed by atoms with E-state index in [1.807, 2.05) is 0 Å². The number of fused-ring (bicyclic) bond motifs is 4. The zero-order valence-electron chi connectivity index (χ0n) is 11.9. The van der Waals surface area contributed by atoms with Gasteiger partial charge in [0.2, 0.25) is 0 Å². The molecule has 0 saturated heterocycles. The van der Waals surface area contributed by atoms with Gasteiger partial charge < -0.3 is 19.7 Å². The maximum atomic E-state index is 12.3. The predicted molar refractivity (Wildman–Crippen MR) is 75.1 cm³/mol. The van der Waals surface area contributed by atoms with E-state index in [0.717, 1.165) is 0 Å². The molecule has 0 unspecified atom stereocenters. The fraction of sp³-hybridized carbons (Fsp3) is 0.375. The van der Waals surface area contributed by atoms with Gasteiger partial charge in [0.05, 0.1) is 24.3 Å². The van der Waals surface area contributed by atoms with Gasteiger partial charge in [0.1, 0.15) is 0 Å². The summed E-state index contributed by atoms with van der Waals surface area (Å²) in [7, 11) is 0. The highest BCUT2D eigenvalue weighted by Crippen LogP contribution is 2.39. The van der Waals surface area contributed by atoms with Gasteiger partial charge in [0, 0.05) is 12.0 Å². The van der Waals surface area contributed by atoms with Gasteiger partial charge in [-0.05, 0) is 42.7 Å². The van der Waals surface area contributed by atoms with Crippen molar-refractivity contribution in [2.24, 2.45) is 0 Å². The van der Waals surface area contributed by atoms with Gasteiger partial charge in [-0.15, -0.1) is 0 Å². The Morgan fingerprint density at radius 1 is 0.955 bits per heavy atom. The quantitative estimate of drug-likeness (QED) is 0.629. The number of hydrogen-bond donors (Lipinski definition) is 2. The van der Waals surface area contributed by atoms with Crippen molar-refractivity contribution in [1.82, 2.24) is 0 Å². The van der Waals surface area contributed by atoms with Crippen molar-refractivity contribution < 1.29 is 29.3 Å². The first-order valence-corrected chi connectivity index (χ1v) is 7.09. The van der Waals surface area contributed by atoms with E-state index in [9.17, 15) is 19.8 Å². The van der Waals surface area contributed by atoms with E-state index >= 15 is 0 Å². The zero-order valence-corrected chi connectivity index (χ0v) is 11.9. The Kier molecular flexibility index (Phi) is 3.72. The lowest BCUT2D eigenvalue weighted by molar-refractivity contribution is -0.155. The fourth-order valence-corrected chi connectivity index (χ4v) is 2.92.